The summed E-state index contributed by atoms with van der Waals surface area (Å²) in [6, 6.07) is 7.60. The molecule has 0 spiro atoms. The van der Waals surface area contributed by atoms with Crippen LogP contribution in [-0.4, -0.2) is 15.3 Å². The Morgan fingerprint density at radius 2 is 2.00 bits per heavy atom. The number of para-hydroxylation sites is 1. The van der Waals surface area contributed by atoms with Gasteiger partial charge in [-0.1, -0.05) is 44.2 Å². The summed E-state index contributed by atoms with van der Waals surface area (Å²) in [4.78, 5) is 17.1. The van der Waals surface area contributed by atoms with Gasteiger partial charge in [-0.3, -0.25) is 9.36 Å². The van der Waals surface area contributed by atoms with Crippen molar-refractivity contribution in [3.8, 4) is 0 Å². The molecule has 0 unspecified atom stereocenters. The van der Waals surface area contributed by atoms with Crippen LogP contribution in [-0.2, 0) is 6.54 Å². The highest BCUT2D eigenvalue weighted by molar-refractivity contribution is 7.99. The highest BCUT2D eigenvalue weighted by Crippen LogP contribution is 2.19. The lowest BCUT2D eigenvalue weighted by atomic mass is 10.2. The molecule has 0 aliphatic rings. The number of thioether (sulfide) groups is 1. The van der Waals surface area contributed by atoms with E-state index in [0.717, 1.165) is 41.2 Å². The molecule has 0 bridgehead atoms. The largest absolute Gasteiger partial charge is 0.287 e. The zero-order chi connectivity index (χ0) is 13.7. The van der Waals surface area contributed by atoms with Gasteiger partial charge in [-0.15, -0.1) is 0 Å². The summed E-state index contributed by atoms with van der Waals surface area (Å²) < 4.78 is 1.82. The molecule has 0 aliphatic carbocycles. The monoisotopic (exact) mass is 276 g/mol. The molecule has 0 saturated heterocycles. The summed E-state index contributed by atoms with van der Waals surface area (Å²) in [5, 5.41) is 1.58. The van der Waals surface area contributed by atoms with E-state index in [-0.39, 0.29) is 5.56 Å². The second-order valence-corrected chi connectivity index (χ2v) is 5.63. The number of nitrogens with zero attached hydrogens (tertiary/aromatic N) is 2. The molecule has 0 fully saturated rings. The Kier molecular flexibility index (Phi) is 5.02. The van der Waals surface area contributed by atoms with Gasteiger partial charge in [0.15, 0.2) is 5.16 Å². The summed E-state index contributed by atoms with van der Waals surface area (Å²) in [5.41, 5.74) is 0.894. The minimum absolute atomic E-state index is 0.0893. The van der Waals surface area contributed by atoms with Crippen LogP contribution in [0.5, 0.6) is 0 Å². The van der Waals surface area contributed by atoms with Crippen molar-refractivity contribution in [2.24, 2.45) is 0 Å². The van der Waals surface area contributed by atoms with Crippen LogP contribution in [0.1, 0.15) is 33.1 Å². The number of fused-ring (bicyclic) bond motifs is 1. The van der Waals surface area contributed by atoms with E-state index >= 15 is 0 Å². The van der Waals surface area contributed by atoms with E-state index in [2.05, 4.69) is 18.8 Å². The number of unbranched alkanes of at least 4 members (excludes halogenated alkanes) is 1. The number of hydrogen-bond donors (Lipinski definition) is 0. The highest BCUT2D eigenvalue weighted by atomic mass is 32.2. The second-order valence-electron chi connectivity index (χ2n) is 4.57. The van der Waals surface area contributed by atoms with Crippen molar-refractivity contribution < 1.29 is 0 Å². The van der Waals surface area contributed by atoms with Crippen molar-refractivity contribution in [2.45, 2.75) is 44.8 Å². The molecule has 1 aromatic heterocycles. The van der Waals surface area contributed by atoms with E-state index in [9.17, 15) is 4.79 Å². The predicted molar refractivity (Wildman–Crippen MR) is 81.9 cm³/mol. The zero-order valence-electron chi connectivity index (χ0n) is 11.6. The maximum absolute atomic E-state index is 12.5. The van der Waals surface area contributed by atoms with E-state index in [4.69, 9.17) is 0 Å². The van der Waals surface area contributed by atoms with E-state index < -0.39 is 0 Å². The summed E-state index contributed by atoms with van der Waals surface area (Å²) in [5.74, 6) is 1.02. The number of benzene rings is 1. The van der Waals surface area contributed by atoms with Gasteiger partial charge in [0.25, 0.3) is 5.56 Å². The van der Waals surface area contributed by atoms with Crippen molar-refractivity contribution >= 4 is 22.7 Å². The Morgan fingerprint density at radius 3 is 2.74 bits per heavy atom. The van der Waals surface area contributed by atoms with E-state index in [1.54, 1.807) is 11.8 Å². The molecular formula is C15H20N2OS. The maximum atomic E-state index is 12.5. The molecule has 0 saturated carbocycles. The summed E-state index contributed by atoms with van der Waals surface area (Å²) in [7, 11) is 0. The maximum Gasteiger partial charge on any atom is 0.262 e. The first-order chi connectivity index (χ1) is 9.27. The average molecular weight is 276 g/mol. The molecule has 0 aliphatic heterocycles. The molecule has 0 radical (unpaired) electrons. The smallest absolute Gasteiger partial charge is 0.262 e. The Bertz CT molecular complexity index is 607. The molecule has 1 heterocycles. The summed E-state index contributed by atoms with van der Waals surface area (Å²) >= 11 is 1.69. The van der Waals surface area contributed by atoms with Gasteiger partial charge < -0.3 is 0 Å². The fourth-order valence-electron chi connectivity index (χ4n) is 1.99. The van der Waals surface area contributed by atoms with Crippen molar-refractivity contribution in [3.05, 3.63) is 34.6 Å². The Labute approximate surface area is 118 Å². The fourth-order valence-corrected chi connectivity index (χ4v) is 3.09. The molecule has 19 heavy (non-hydrogen) atoms. The second kappa shape index (κ2) is 6.75. The minimum Gasteiger partial charge on any atom is -0.287 e. The van der Waals surface area contributed by atoms with Gasteiger partial charge in [0.1, 0.15) is 0 Å². The predicted octanol–water partition coefficient (Wildman–Crippen LogP) is 3.70. The van der Waals surface area contributed by atoms with Crippen LogP contribution < -0.4 is 5.56 Å². The van der Waals surface area contributed by atoms with Crippen LogP contribution in [0.2, 0.25) is 0 Å². The molecule has 1 aromatic carbocycles. The van der Waals surface area contributed by atoms with Crippen LogP contribution in [0.15, 0.2) is 34.2 Å². The van der Waals surface area contributed by atoms with Crippen molar-refractivity contribution in [1.29, 1.82) is 0 Å². The summed E-state index contributed by atoms with van der Waals surface area (Å²) in [6.07, 6.45) is 3.26. The third kappa shape index (κ3) is 3.18. The van der Waals surface area contributed by atoms with Gasteiger partial charge >= 0.3 is 0 Å². The lowest BCUT2D eigenvalue weighted by Crippen LogP contribution is -2.23. The van der Waals surface area contributed by atoms with Crippen LogP contribution >= 0.6 is 11.8 Å². The standard InChI is InChI=1S/C15H20N2OS/c1-3-5-11-19-15-16-13-9-7-6-8-12(13)14(18)17(15)10-4-2/h6-9H,3-5,10-11H2,1-2H3. The topological polar surface area (TPSA) is 34.9 Å². The Balaban J connectivity index is 2.47. The van der Waals surface area contributed by atoms with Gasteiger partial charge in [-0.25, -0.2) is 4.98 Å². The molecule has 2 rings (SSSR count). The fraction of sp³-hybridized carbons (Fsp3) is 0.467. The number of aromatic nitrogens is 2. The van der Waals surface area contributed by atoms with Gasteiger partial charge in [0, 0.05) is 12.3 Å². The van der Waals surface area contributed by atoms with E-state index in [1.807, 2.05) is 28.8 Å². The molecule has 0 atom stereocenters. The van der Waals surface area contributed by atoms with Crippen molar-refractivity contribution in [2.75, 3.05) is 5.75 Å². The normalized spacial score (nSPS) is 11.1. The van der Waals surface area contributed by atoms with Gasteiger partial charge in [0.05, 0.1) is 10.9 Å². The highest BCUT2D eigenvalue weighted by Gasteiger charge is 2.10. The lowest BCUT2D eigenvalue weighted by molar-refractivity contribution is 0.584. The molecule has 2 aromatic rings. The van der Waals surface area contributed by atoms with Crippen LogP contribution in [0.4, 0.5) is 0 Å². The first-order valence-corrected chi connectivity index (χ1v) is 7.88. The zero-order valence-corrected chi connectivity index (χ0v) is 12.4. The van der Waals surface area contributed by atoms with Crippen molar-refractivity contribution in [3.63, 3.8) is 0 Å². The molecule has 102 valence electrons. The summed E-state index contributed by atoms with van der Waals surface area (Å²) in [6.45, 7) is 5.00. The molecule has 4 heteroatoms. The molecule has 3 nitrogen and oxygen atoms in total. The van der Waals surface area contributed by atoms with Crippen molar-refractivity contribution in [1.82, 2.24) is 9.55 Å². The third-order valence-electron chi connectivity index (χ3n) is 3.00. The van der Waals surface area contributed by atoms with E-state index in [1.165, 1.54) is 6.42 Å². The molecular weight excluding hydrogens is 256 g/mol. The molecule has 0 N–H and O–H groups in total. The minimum atomic E-state index is 0.0893. The van der Waals surface area contributed by atoms with Crippen LogP contribution in [0, 0.1) is 0 Å². The van der Waals surface area contributed by atoms with Gasteiger partial charge in [-0.05, 0) is 25.0 Å². The van der Waals surface area contributed by atoms with Crippen LogP contribution in [0.3, 0.4) is 0 Å². The number of rotatable bonds is 6. The number of hydrogen-bond acceptors (Lipinski definition) is 3. The van der Waals surface area contributed by atoms with Crippen LogP contribution in [0.25, 0.3) is 10.9 Å². The first-order valence-electron chi connectivity index (χ1n) is 6.90. The van der Waals surface area contributed by atoms with Gasteiger partial charge in [0.2, 0.25) is 0 Å². The quantitative estimate of drug-likeness (QED) is 0.458. The lowest BCUT2D eigenvalue weighted by Gasteiger charge is -2.11. The first kappa shape index (κ1) is 14.1. The average Bonchev–Trinajstić information content (AvgIpc) is 2.43. The Hall–Kier alpha value is -1.29. The third-order valence-corrected chi connectivity index (χ3v) is 4.07. The van der Waals surface area contributed by atoms with E-state index in [0.29, 0.717) is 0 Å². The van der Waals surface area contributed by atoms with Gasteiger partial charge in [-0.2, -0.15) is 0 Å². The molecule has 0 amide bonds. The Morgan fingerprint density at radius 1 is 1.21 bits per heavy atom. The SMILES string of the molecule is CCCCSc1nc2ccccc2c(=O)n1CCC.